The van der Waals surface area contributed by atoms with Crippen molar-refractivity contribution in [2.24, 2.45) is 0 Å². The molecule has 4 heterocycles. The number of aromatic nitrogens is 4. The van der Waals surface area contributed by atoms with Crippen molar-refractivity contribution >= 4 is 47.0 Å². The number of carbonyl (C=O) groups is 2. The van der Waals surface area contributed by atoms with Crippen LogP contribution in [0.4, 0.5) is 9.59 Å². The first-order valence-electron chi connectivity index (χ1n) is 15.3. The van der Waals surface area contributed by atoms with Gasteiger partial charge in [-0.25, -0.2) is 29.5 Å². The summed E-state index contributed by atoms with van der Waals surface area (Å²) in [6.07, 6.45) is 4.73. The van der Waals surface area contributed by atoms with E-state index in [4.69, 9.17) is 54.1 Å². The van der Waals surface area contributed by atoms with Gasteiger partial charge in [0, 0.05) is 24.8 Å². The predicted molar refractivity (Wildman–Crippen MR) is 186 cm³/mol. The second-order valence-electron chi connectivity index (χ2n) is 11.7. The Morgan fingerprint density at radius 2 is 1.10 bits per heavy atom. The molecular weight excluding hydrogens is 734 g/mol. The topological polar surface area (TPSA) is 163 Å². The summed E-state index contributed by atoms with van der Waals surface area (Å²) >= 11 is 16.7. The molecule has 2 saturated heterocycles. The summed E-state index contributed by atoms with van der Waals surface area (Å²) in [4.78, 5) is 41.4. The fraction of sp³-hybridized carbons (Fsp3) is 0.353. The van der Waals surface area contributed by atoms with E-state index in [1.165, 1.54) is 29.7 Å². The third-order valence-electron chi connectivity index (χ3n) is 6.15. The molecule has 268 valence electrons. The van der Waals surface area contributed by atoms with Gasteiger partial charge in [-0.15, -0.1) is 5.60 Å². The second kappa shape index (κ2) is 22.6. The van der Waals surface area contributed by atoms with Crippen molar-refractivity contribution in [3.05, 3.63) is 112 Å². The summed E-state index contributed by atoms with van der Waals surface area (Å²) in [5, 5.41) is 19.8. The first-order chi connectivity index (χ1) is 23.8. The van der Waals surface area contributed by atoms with Crippen LogP contribution in [-0.4, -0.2) is 91.0 Å². The Labute approximate surface area is 334 Å². The van der Waals surface area contributed by atoms with Gasteiger partial charge in [-0.3, -0.25) is 0 Å². The summed E-state index contributed by atoms with van der Waals surface area (Å²) in [6.45, 7) is 7.10. The molecule has 0 radical (unpaired) electrons. The average molecular weight is 772 g/mol. The third-order valence-corrected chi connectivity index (χ3v) is 7.06. The fourth-order valence-electron chi connectivity index (χ4n) is 3.74. The summed E-state index contributed by atoms with van der Waals surface area (Å²) in [7, 11) is 0. The minimum Gasteiger partial charge on any atom is -0.850 e. The molecule has 1 N–H and O–H groups in total. The van der Waals surface area contributed by atoms with Gasteiger partial charge in [0.15, 0.2) is 15.5 Å². The van der Waals surface area contributed by atoms with Gasteiger partial charge in [-0.2, -0.15) is 0 Å². The van der Waals surface area contributed by atoms with Crippen LogP contribution in [0.3, 0.4) is 0 Å². The molecule has 4 aromatic rings. The van der Waals surface area contributed by atoms with Gasteiger partial charge >= 0.3 is 41.7 Å². The SMILES string of the molecule is CC(C)(C)[O-].Clc1nccnc1Cl.O=C(OCc1ccccc1)N1CC(O)C1.O=C(OCc1ccccc1)N1CC(Oc2nccnc2Cl)C1.[Na+]. The normalized spacial score (nSPS) is 13.5. The van der Waals surface area contributed by atoms with Crippen LogP contribution in [0.25, 0.3) is 0 Å². The number of halogens is 3. The number of benzene rings is 2. The maximum Gasteiger partial charge on any atom is 1.00 e. The summed E-state index contributed by atoms with van der Waals surface area (Å²) < 4.78 is 15.9. The number of amides is 2. The van der Waals surface area contributed by atoms with E-state index < -0.39 is 5.60 Å². The van der Waals surface area contributed by atoms with Crippen LogP contribution in [0.5, 0.6) is 5.88 Å². The minimum atomic E-state index is -0.750. The zero-order chi connectivity index (χ0) is 36.5. The number of hydrogen-bond acceptors (Lipinski definition) is 11. The zero-order valence-corrected chi connectivity index (χ0v) is 33.0. The zero-order valence-electron chi connectivity index (χ0n) is 28.7. The van der Waals surface area contributed by atoms with Gasteiger partial charge < -0.3 is 34.2 Å². The Kier molecular flexibility index (Phi) is 19.5. The number of likely N-dealkylation sites (tertiary alicyclic amines) is 2. The Bertz CT molecular complexity index is 1590. The van der Waals surface area contributed by atoms with Gasteiger partial charge in [-0.1, -0.05) is 116 Å². The average Bonchev–Trinajstić information content (AvgIpc) is 3.05. The molecule has 0 aliphatic carbocycles. The molecule has 2 amide bonds. The van der Waals surface area contributed by atoms with Crippen molar-refractivity contribution in [3.8, 4) is 5.88 Å². The quantitative estimate of drug-likeness (QED) is 0.287. The number of aliphatic hydroxyl groups excluding tert-OH is 1. The van der Waals surface area contributed by atoms with Crippen LogP contribution in [0.2, 0.25) is 15.5 Å². The summed E-state index contributed by atoms with van der Waals surface area (Å²) in [5.74, 6) is 0.284. The molecule has 13 nitrogen and oxygen atoms in total. The van der Waals surface area contributed by atoms with E-state index in [0.717, 1.165) is 11.1 Å². The molecule has 0 saturated carbocycles. The van der Waals surface area contributed by atoms with Crippen LogP contribution in [-0.2, 0) is 22.7 Å². The van der Waals surface area contributed by atoms with Gasteiger partial charge in [0.05, 0.1) is 32.3 Å². The molecule has 2 aliphatic rings. The molecule has 6 rings (SSSR count). The predicted octanol–water partition coefficient (Wildman–Crippen LogP) is 2.46. The van der Waals surface area contributed by atoms with E-state index in [1.54, 1.807) is 25.7 Å². The number of rotatable bonds is 6. The standard InChI is InChI=1S/C15H14ClN3O3.C11H13NO3.C4H2Cl2N2.C4H9O.Na/c16-13-14(18-7-6-17-13)22-12-8-19(9-12)15(20)21-10-11-4-2-1-3-5-11;13-10-6-12(7-10)11(14)15-8-9-4-2-1-3-5-9;5-3-4(6)8-2-1-7-3;1-4(2,3)5;/h1-7,12H,8-10H2;1-5,10,13H,6-8H2;1-2H;1-3H3;/q;;;-1;+1. The molecule has 51 heavy (non-hydrogen) atoms. The third kappa shape index (κ3) is 17.7. The molecule has 2 fully saturated rings. The number of carbonyl (C=O) groups excluding carboxylic acids is 2. The van der Waals surface area contributed by atoms with E-state index in [1.807, 2.05) is 60.7 Å². The van der Waals surface area contributed by atoms with Crippen molar-refractivity contribution in [3.63, 3.8) is 0 Å². The van der Waals surface area contributed by atoms with Gasteiger partial charge in [0.2, 0.25) is 0 Å². The molecule has 0 atom stereocenters. The largest absolute Gasteiger partial charge is 1.00 e. The maximum atomic E-state index is 11.9. The number of β-amino-alcohol motifs (C(OH)–C–C–N with tert-alkyl or cyclic N) is 1. The van der Waals surface area contributed by atoms with Crippen LogP contribution in [0, 0.1) is 0 Å². The van der Waals surface area contributed by atoms with Crippen molar-refractivity contribution in [2.45, 2.75) is 51.8 Å². The molecular formula is C34H38Cl3N6NaO7. The van der Waals surface area contributed by atoms with E-state index in [0.29, 0.717) is 26.2 Å². The first kappa shape index (κ1) is 43.9. The molecule has 2 aromatic carbocycles. The Morgan fingerprint density at radius 1 is 0.725 bits per heavy atom. The van der Waals surface area contributed by atoms with Crippen molar-refractivity contribution in [1.29, 1.82) is 0 Å². The maximum absolute atomic E-state index is 11.9. The fourth-order valence-corrected chi connectivity index (χ4v) is 4.10. The Balaban J connectivity index is 0.000000268. The van der Waals surface area contributed by atoms with Crippen molar-refractivity contribution in [2.75, 3.05) is 26.2 Å². The van der Waals surface area contributed by atoms with Crippen LogP contribution < -0.4 is 39.4 Å². The van der Waals surface area contributed by atoms with Crippen molar-refractivity contribution in [1.82, 2.24) is 29.7 Å². The molecule has 17 heteroatoms. The van der Waals surface area contributed by atoms with E-state index >= 15 is 0 Å². The van der Waals surface area contributed by atoms with E-state index in [2.05, 4.69) is 19.9 Å². The first-order valence-corrected chi connectivity index (χ1v) is 16.5. The van der Waals surface area contributed by atoms with Crippen LogP contribution >= 0.6 is 34.8 Å². The molecule has 0 unspecified atom stereocenters. The monoisotopic (exact) mass is 770 g/mol. The smallest absolute Gasteiger partial charge is 0.850 e. The van der Waals surface area contributed by atoms with Gasteiger partial charge in [-0.05, 0) is 11.1 Å². The number of nitrogens with zero attached hydrogens (tertiary/aromatic N) is 6. The van der Waals surface area contributed by atoms with E-state index in [9.17, 15) is 14.7 Å². The Hall–Kier alpha value is -3.27. The van der Waals surface area contributed by atoms with Gasteiger partial charge in [0.25, 0.3) is 5.88 Å². The van der Waals surface area contributed by atoms with Crippen LogP contribution in [0.1, 0.15) is 31.9 Å². The molecule has 2 aliphatic heterocycles. The number of ether oxygens (including phenoxy) is 3. The molecule has 0 bridgehead atoms. The second-order valence-corrected chi connectivity index (χ2v) is 12.8. The Morgan fingerprint density at radius 3 is 1.47 bits per heavy atom. The van der Waals surface area contributed by atoms with Crippen molar-refractivity contribution < 1.29 is 63.6 Å². The number of hydrogen-bond donors (Lipinski definition) is 1. The molecule has 2 aromatic heterocycles. The summed E-state index contributed by atoms with van der Waals surface area (Å²) in [5.41, 5.74) is 1.17. The van der Waals surface area contributed by atoms with E-state index in [-0.39, 0.29) is 88.5 Å². The van der Waals surface area contributed by atoms with Gasteiger partial charge in [0.1, 0.15) is 19.3 Å². The number of aliphatic hydroxyl groups is 1. The summed E-state index contributed by atoms with van der Waals surface area (Å²) in [6, 6.07) is 19.1. The van der Waals surface area contributed by atoms with Crippen LogP contribution in [0.15, 0.2) is 85.5 Å². The minimum absolute atomic E-state index is 0. The molecule has 0 spiro atoms.